The zero-order valence-corrected chi connectivity index (χ0v) is 14.5. The molecule has 0 saturated carbocycles. The maximum atomic E-state index is 4.58. The summed E-state index contributed by atoms with van der Waals surface area (Å²) < 4.78 is 1.95. The van der Waals surface area contributed by atoms with Gasteiger partial charge in [0.1, 0.15) is 0 Å². The molecular formula is C17H26N6. The molecule has 2 aromatic heterocycles. The van der Waals surface area contributed by atoms with Crippen LogP contribution in [0.25, 0.3) is 0 Å². The highest BCUT2D eigenvalue weighted by atomic mass is 15.3. The highest BCUT2D eigenvalue weighted by Gasteiger charge is 2.25. The molecule has 0 amide bonds. The van der Waals surface area contributed by atoms with E-state index in [0.717, 1.165) is 37.0 Å². The predicted octanol–water partition coefficient (Wildman–Crippen LogP) is 1.93. The molecule has 1 fully saturated rings. The maximum Gasteiger partial charge on any atom is 0.225 e. The van der Waals surface area contributed by atoms with Crippen LogP contribution in [-0.2, 0) is 13.6 Å². The van der Waals surface area contributed by atoms with E-state index in [9.17, 15) is 0 Å². The highest BCUT2D eigenvalue weighted by Crippen LogP contribution is 2.20. The summed E-state index contributed by atoms with van der Waals surface area (Å²) in [4.78, 5) is 13.7. The van der Waals surface area contributed by atoms with Crippen molar-refractivity contribution in [1.82, 2.24) is 24.6 Å². The summed E-state index contributed by atoms with van der Waals surface area (Å²) in [6.45, 7) is 7.19. The third kappa shape index (κ3) is 3.69. The van der Waals surface area contributed by atoms with Gasteiger partial charge in [0.05, 0.1) is 5.69 Å². The molecule has 6 heteroatoms. The Morgan fingerprint density at radius 3 is 2.87 bits per heavy atom. The average Bonchev–Trinajstić information content (AvgIpc) is 2.84. The van der Waals surface area contributed by atoms with Gasteiger partial charge in [-0.25, -0.2) is 9.97 Å². The second-order valence-electron chi connectivity index (χ2n) is 6.54. The summed E-state index contributed by atoms with van der Waals surface area (Å²) in [5.74, 6) is 0.825. The molecular weight excluding hydrogens is 288 g/mol. The van der Waals surface area contributed by atoms with E-state index >= 15 is 0 Å². The number of rotatable bonds is 4. The molecule has 1 unspecified atom stereocenters. The van der Waals surface area contributed by atoms with Crippen LogP contribution >= 0.6 is 0 Å². The van der Waals surface area contributed by atoms with Gasteiger partial charge in [0.2, 0.25) is 5.95 Å². The Hall–Kier alpha value is -1.95. The lowest BCUT2D eigenvalue weighted by Gasteiger charge is -2.37. The van der Waals surface area contributed by atoms with Gasteiger partial charge in [0.25, 0.3) is 0 Å². The van der Waals surface area contributed by atoms with Crippen molar-refractivity contribution in [1.29, 1.82) is 0 Å². The van der Waals surface area contributed by atoms with Crippen LogP contribution in [0.1, 0.15) is 29.9 Å². The normalized spacial score (nSPS) is 19.0. The zero-order valence-electron chi connectivity index (χ0n) is 14.5. The average molecular weight is 314 g/mol. The minimum Gasteiger partial charge on any atom is -0.340 e. The van der Waals surface area contributed by atoms with Crippen molar-refractivity contribution >= 4 is 5.95 Å². The third-order valence-corrected chi connectivity index (χ3v) is 4.68. The minimum atomic E-state index is 0.454. The molecule has 1 atom stereocenters. The van der Waals surface area contributed by atoms with Gasteiger partial charge in [-0.05, 0) is 45.4 Å². The van der Waals surface area contributed by atoms with Gasteiger partial charge < -0.3 is 4.90 Å². The van der Waals surface area contributed by atoms with Crippen molar-refractivity contribution in [2.45, 2.75) is 39.3 Å². The van der Waals surface area contributed by atoms with E-state index in [1.807, 2.05) is 30.9 Å². The van der Waals surface area contributed by atoms with Gasteiger partial charge in [-0.3, -0.25) is 9.58 Å². The van der Waals surface area contributed by atoms with E-state index in [4.69, 9.17) is 0 Å². The van der Waals surface area contributed by atoms with Crippen LogP contribution < -0.4 is 4.90 Å². The van der Waals surface area contributed by atoms with Crippen molar-refractivity contribution < 1.29 is 0 Å². The Labute approximate surface area is 138 Å². The molecule has 1 aliphatic rings. The second kappa shape index (κ2) is 6.66. The van der Waals surface area contributed by atoms with E-state index in [2.05, 4.69) is 44.9 Å². The summed E-state index contributed by atoms with van der Waals surface area (Å²) in [6.07, 6.45) is 4.23. The number of nitrogens with zero attached hydrogens (tertiary/aromatic N) is 6. The fourth-order valence-corrected chi connectivity index (χ4v) is 3.20. The molecule has 0 bridgehead atoms. The molecule has 124 valence electrons. The lowest BCUT2D eigenvalue weighted by Crippen LogP contribution is -2.46. The van der Waals surface area contributed by atoms with Crippen LogP contribution in [0.4, 0.5) is 5.95 Å². The summed E-state index contributed by atoms with van der Waals surface area (Å²) in [6, 6.07) is 4.57. The second-order valence-corrected chi connectivity index (χ2v) is 6.54. The van der Waals surface area contributed by atoms with Gasteiger partial charge in [-0.15, -0.1) is 0 Å². The first-order valence-corrected chi connectivity index (χ1v) is 8.27. The van der Waals surface area contributed by atoms with Crippen LogP contribution in [0.2, 0.25) is 0 Å². The molecule has 0 spiro atoms. The first-order chi connectivity index (χ1) is 11.0. The summed E-state index contributed by atoms with van der Waals surface area (Å²) >= 11 is 0. The number of anilines is 1. The first kappa shape index (κ1) is 15.9. The van der Waals surface area contributed by atoms with Crippen LogP contribution in [0.3, 0.4) is 0 Å². The summed E-state index contributed by atoms with van der Waals surface area (Å²) in [5.41, 5.74) is 3.37. The molecule has 1 saturated heterocycles. The molecule has 6 nitrogen and oxygen atoms in total. The largest absolute Gasteiger partial charge is 0.340 e. The lowest BCUT2D eigenvalue weighted by atomic mass is 10.0. The Balaban J connectivity index is 1.65. The Morgan fingerprint density at radius 2 is 2.17 bits per heavy atom. The van der Waals surface area contributed by atoms with Gasteiger partial charge in [0, 0.05) is 50.8 Å². The zero-order chi connectivity index (χ0) is 16.4. The van der Waals surface area contributed by atoms with Crippen molar-refractivity contribution in [2.24, 2.45) is 7.05 Å². The summed E-state index contributed by atoms with van der Waals surface area (Å²) in [7, 11) is 4.11. The number of aryl methyl sites for hydroxylation is 3. The molecule has 3 heterocycles. The van der Waals surface area contributed by atoms with E-state index < -0.39 is 0 Å². The molecule has 0 aliphatic carbocycles. The number of likely N-dealkylation sites (N-methyl/N-ethyl adjacent to an activating group) is 1. The number of aromatic nitrogens is 4. The molecule has 23 heavy (non-hydrogen) atoms. The van der Waals surface area contributed by atoms with Crippen molar-refractivity contribution in [3.63, 3.8) is 0 Å². The van der Waals surface area contributed by atoms with Gasteiger partial charge >= 0.3 is 0 Å². The number of hydrogen-bond acceptors (Lipinski definition) is 5. The molecule has 2 aromatic rings. The van der Waals surface area contributed by atoms with Crippen LogP contribution in [-0.4, -0.2) is 50.8 Å². The molecule has 0 aromatic carbocycles. The summed E-state index contributed by atoms with van der Waals surface area (Å²) in [5, 5.41) is 4.58. The molecule has 0 N–H and O–H groups in total. The number of likely N-dealkylation sites (tertiary alicyclic amines) is 1. The Bertz CT molecular complexity index is 645. The van der Waals surface area contributed by atoms with E-state index in [1.54, 1.807) is 0 Å². The van der Waals surface area contributed by atoms with Gasteiger partial charge in [0.15, 0.2) is 0 Å². The minimum absolute atomic E-state index is 0.454. The van der Waals surface area contributed by atoms with Crippen LogP contribution in [0, 0.1) is 13.8 Å². The van der Waals surface area contributed by atoms with Gasteiger partial charge in [-0.2, -0.15) is 5.10 Å². The fourth-order valence-electron chi connectivity index (χ4n) is 3.20. The standard InChI is InChI=1S/C17H26N6/c1-13-7-8-18-17(19-13)21(3)16-6-5-9-23(12-16)11-15-10-14(2)22(4)20-15/h7-8,10,16H,5-6,9,11-12H2,1-4H3. The molecule has 1 aliphatic heterocycles. The quantitative estimate of drug-likeness (QED) is 0.863. The Morgan fingerprint density at radius 1 is 1.35 bits per heavy atom. The van der Waals surface area contributed by atoms with Crippen LogP contribution in [0.15, 0.2) is 18.3 Å². The molecule has 0 radical (unpaired) electrons. The highest BCUT2D eigenvalue weighted by molar-refractivity contribution is 5.31. The lowest BCUT2D eigenvalue weighted by molar-refractivity contribution is 0.195. The topological polar surface area (TPSA) is 50.1 Å². The van der Waals surface area contributed by atoms with Gasteiger partial charge in [-0.1, -0.05) is 0 Å². The smallest absolute Gasteiger partial charge is 0.225 e. The Kier molecular flexibility index (Phi) is 4.61. The first-order valence-electron chi connectivity index (χ1n) is 8.27. The van der Waals surface area contributed by atoms with Crippen molar-refractivity contribution in [3.8, 4) is 0 Å². The monoisotopic (exact) mass is 314 g/mol. The van der Waals surface area contributed by atoms with E-state index in [1.165, 1.54) is 18.5 Å². The SMILES string of the molecule is Cc1ccnc(N(C)C2CCCN(Cc3cc(C)n(C)n3)C2)n1. The predicted molar refractivity (Wildman–Crippen MR) is 91.4 cm³/mol. The number of piperidine rings is 1. The van der Waals surface area contributed by atoms with E-state index in [-0.39, 0.29) is 0 Å². The van der Waals surface area contributed by atoms with Crippen molar-refractivity contribution in [3.05, 3.63) is 35.4 Å². The number of hydrogen-bond donors (Lipinski definition) is 0. The fraction of sp³-hybridized carbons (Fsp3) is 0.588. The van der Waals surface area contributed by atoms with E-state index in [0.29, 0.717) is 6.04 Å². The molecule has 3 rings (SSSR count). The van der Waals surface area contributed by atoms with Crippen LogP contribution in [0.5, 0.6) is 0 Å². The van der Waals surface area contributed by atoms with Crippen molar-refractivity contribution in [2.75, 3.05) is 25.0 Å². The third-order valence-electron chi connectivity index (χ3n) is 4.68. The maximum absolute atomic E-state index is 4.58.